The Hall–Kier alpha value is -1.46. The molecule has 3 rings (SSSR count). The number of halogens is 1. The molecule has 1 aliphatic carbocycles. The van der Waals surface area contributed by atoms with Crippen molar-refractivity contribution in [3.05, 3.63) is 35.6 Å². The largest absolute Gasteiger partial charge is 0.370 e. The summed E-state index contributed by atoms with van der Waals surface area (Å²) in [7, 11) is 0. The van der Waals surface area contributed by atoms with E-state index in [9.17, 15) is 9.18 Å². The third kappa shape index (κ3) is 2.94. The number of carbonyl (C=O) groups is 1. The summed E-state index contributed by atoms with van der Waals surface area (Å²) in [4.78, 5) is 14.4. The Balaban J connectivity index is 1.71. The third-order valence-corrected chi connectivity index (χ3v) is 4.52. The van der Waals surface area contributed by atoms with Crippen LogP contribution in [0.15, 0.2) is 24.3 Å². The summed E-state index contributed by atoms with van der Waals surface area (Å²) in [5.74, 6) is -0.261. The van der Waals surface area contributed by atoms with Crippen LogP contribution in [0.3, 0.4) is 0 Å². The standard InChI is InChI=1S/C16H21FN2O2/c17-13-6-2-1-4-11(13)15-10-19(8-9-21-15)16(20)12-5-3-7-14(12)18/h1-2,4,6,12,14-15H,3,5,7-10,18H2/t12-,14-,15-/m1/s1. The molecule has 3 atom stereocenters. The molecule has 1 aromatic carbocycles. The van der Waals surface area contributed by atoms with E-state index in [1.165, 1.54) is 6.07 Å². The van der Waals surface area contributed by atoms with Crippen molar-refractivity contribution in [3.8, 4) is 0 Å². The van der Waals surface area contributed by atoms with Gasteiger partial charge in [-0.05, 0) is 18.9 Å². The van der Waals surface area contributed by atoms with Crippen molar-refractivity contribution in [2.24, 2.45) is 11.7 Å². The predicted octanol–water partition coefficient (Wildman–Crippen LogP) is 1.85. The fourth-order valence-electron chi connectivity index (χ4n) is 3.30. The summed E-state index contributed by atoms with van der Waals surface area (Å²) < 4.78 is 19.5. The van der Waals surface area contributed by atoms with E-state index in [-0.39, 0.29) is 29.8 Å². The minimum absolute atomic E-state index is 0.0349. The average molecular weight is 292 g/mol. The van der Waals surface area contributed by atoms with Crippen molar-refractivity contribution in [3.63, 3.8) is 0 Å². The van der Waals surface area contributed by atoms with Gasteiger partial charge in [-0.2, -0.15) is 0 Å². The van der Waals surface area contributed by atoms with Gasteiger partial charge in [0.05, 0.1) is 19.1 Å². The van der Waals surface area contributed by atoms with Gasteiger partial charge in [0.15, 0.2) is 0 Å². The highest BCUT2D eigenvalue weighted by atomic mass is 19.1. The Morgan fingerprint density at radius 3 is 2.86 bits per heavy atom. The second kappa shape index (κ2) is 6.12. The first-order valence-electron chi connectivity index (χ1n) is 7.57. The van der Waals surface area contributed by atoms with E-state index in [0.29, 0.717) is 25.3 Å². The first-order chi connectivity index (χ1) is 10.2. The molecule has 0 bridgehead atoms. The van der Waals surface area contributed by atoms with Crippen LogP contribution in [0.4, 0.5) is 4.39 Å². The number of benzene rings is 1. The first-order valence-corrected chi connectivity index (χ1v) is 7.57. The summed E-state index contributed by atoms with van der Waals surface area (Å²) in [5, 5.41) is 0. The molecule has 0 radical (unpaired) electrons. The van der Waals surface area contributed by atoms with E-state index in [4.69, 9.17) is 10.5 Å². The van der Waals surface area contributed by atoms with Gasteiger partial charge in [0.1, 0.15) is 11.9 Å². The van der Waals surface area contributed by atoms with E-state index >= 15 is 0 Å². The van der Waals surface area contributed by atoms with Crippen molar-refractivity contribution in [2.45, 2.75) is 31.4 Å². The molecule has 114 valence electrons. The number of ether oxygens (including phenoxy) is 1. The fraction of sp³-hybridized carbons (Fsp3) is 0.562. The number of nitrogens with zero attached hydrogens (tertiary/aromatic N) is 1. The molecule has 1 aromatic rings. The molecule has 1 saturated heterocycles. The van der Waals surface area contributed by atoms with Crippen LogP contribution in [-0.4, -0.2) is 36.5 Å². The van der Waals surface area contributed by atoms with E-state index in [0.717, 1.165) is 19.3 Å². The van der Waals surface area contributed by atoms with Crippen LogP contribution in [0.2, 0.25) is 0 Å². The smallest absolute Gasteiger partial charge is 0.227 e. The maximum Gasteiger partial charge on any atom is 0.227 e. The van der Waals surface area contributed by atoms with Gasteiger partial charge >= 0.3 is 0 Å². The maximum absolute atomic E-state index is 13.9. The molecule has 2 aliphatic rings. The molecule has 1 heterocycles. The van der Waals surface area contributed by atoms with E-state index < -0.39 is 0 Å². The van der Waals surface area contributed by atoms with Gasteiger partial charge in [-0.3, -0.25) is 4.79 Å². The van der Waals surface area contributed by atoms with Crippen LogP contribution < -0.4 is 5.73 Å². The minimum atomic E-state index is -0.387. The number of morpholine rings is 1. The molecule has 1 amide bonds. The lowest BCUT2D eigenvalue weighted by atomic mass is 10.0. The summed E-state index contributed by atoms with van der Waals surface area (Å²) in [5.41, 5.74) is 6.54. The zero-order chi connectivity index (χ0) is 14.8. The molecule has 1 saturated carbocycles. The van der Waals surface area contributed by atoms with E-state index in [1.807, 2.05) is 0 Å². The molecule has 2 N–H and O–H groups in total. The lowest BCUT2D eigenvalue weighted by Crippen LogP contribution is -2.47. The molecule has 5 heteroatoms. The molecule has 21 heavy (non-hydrogen) atoms. The molecule has 0 spiro atoms. The van der Waals surface area contributed by atoms with Crippen LogP contribution in [0.1, 0.15) is 30.9 Å². The normalized spacial score (nSPS) is 29.6. The summed E-state index contributed by atoms with van der Waals surface area (Å²) in [6.07, 6.45) is 2.40. The van der Waals surface area contributed by atoms with Crippen molar-refractivity contribution < 1.29 is 13.9 Å². The highest BCUT2D eigenvalue weighted by molar-refractivity contribution is 5.80. The Labute approximate surface area is 124 Å². The molecule has 0 unspecified atom stereocenters. The maximum atomic E-state index is 13.9. The average Bonchev–Trinajstić information content (AvgIpc) is 2.93. The second-order valence-corrected chi connectivity index (χ2v) is 5.87. The van der Waals surface area contributed by atoms with Crippen LogP contribution in [0.25, 0.3) is 0 Å². The SMILES string of the molecule is N[C@@H]1CCC[C@H]1C(=O)N1CCO[C@@H](c2ccccc2F)C1. The quantitative estimate of drug-likeness (QED) is 0.905. The van der Waals surface area contributed by atoms with Gasteiger partial charge in [0.2, 0.25) is 5.91 Å². The summed E-state index contributed by atoms with van der Waals surface area (Å²) in [6, 6.07) is 6.55. The molecular formula is C16H21FN2O2. The number of rotatable bonds is 2. The van der Waals surface area contributed by atoms with Gasteiger partial charge in [-0.1, -0.05) is 24.6 Å². The third-order valence-electron chi connectivity index (χ3n) is 4.52. The number of hydrogen-bond donors (Lipinski definition) is 1. The van der Waals surface area contributed by atoms with Gasteiger partial charge < -0.3 is 15.4 Å². The monoisotopic (exact) mass is 292 g/mol. The highest BCUT2D eigenvalue weighted by Gasteiger charge is 2.36. The van der Waals surface area contributed by atoms with Gasteiger partial charge in [0, 0.05) is 18.2 Å². The number of hydrogen-bond acceptors (Lipinski definition) is 3. The van der Waals surface area contributed by atoms with Crippen LogP contribution in [0.5, 0.6) is 0 Å². The van der Waals surface area contributed by atoms with Gasteiger partial charge in [0.25, 0.3) is 0 Å². The molecular weight excluding hydrogens is 271 g/mol. The first kappa shape index (κ1) is 14.5. The Morgan fingerprint density at radius 1 is 1.33 bits per heavy atom. The number of carbonyl (C=O) groups excluding carboxylic acids is 1. The number of nitrogens with two attached hydrogens (primary N) is 1. The van der Waals surface area contributed by atoms with Gasteiger partial charge in [-0.15, -0.1) is 0 Å². The fourth-order valence-corrected chi connectivity index (χ4v) is 3.30. The highest BCUT2D eigenvalue weighted by Crippen LogP contribution is 2.29. The molecule has 0 aromatic heterocycles. The lowest BCUT2D eigenvalue weighted by molar-refractivity contribution is -0.143. The van der Waals surface area contributed by atoms with Crippen molar-refractivity contribution in [2.75, 3.05) is 19.7 Å². The predicted molar refractivity (Wildman–Crippen MR) is 77.0 cm³/mol. The molecule has 2 fully saturated rings. The molecule has 4 nitrogen and oxygen atoms in total. The van der Waals surface area contributed by atoms with E-state index in [1.54, 1.807) is 23.1 Å². The van der Waals surface area contributed by atoms with Gasteiger partial charge in [-0.25, -0.2) is 4.39 Å². The van der Waals surface area contributed by atoms with Crippen molar-refractivity contribution in [1.82, 2.24) is 4.90 Å². The topological polar surface area (TPSA) is 55.6 Å². The summed E-state index contributed by atoms with van der Waals surface area (Å²) >= 11 is 0. The lowest BCUT2D eigenvalue weighted by Gasteiger charge is -2.35. The van der Waals surface area contributed by atoms with Crippen molar-refractivity contribution >= 4 is 5.91 Å². The summed E-state index contributed by atoms with van der Waals surface area (Å²) in [6.45, 7) is 1.41. The zero-order valence-electron chi connectivity index (χ0n) is 12.0. The second-order valence-electron chi connectivity index (χ2n) is 5.87. The molecule has 1 aliphatic heterocycles. The van der Waals surface area contributed by atoms with Crippen molar-refractivity contribution in [1.29, 1.82) is 0 Å². The number of amides is 1. The van der Waals surface area contributed by atoms with Crippen LogP contribution in [-0.2, 0) is 9.53 Å². The Bertz CT molecular complexity index is 523. The van der Waals surface area contributed by atoms with Crippen LogP contribution >= 0.6 is 0 Å². The van der Waals surface area contributed by atoms with E-state index in [2.05, 4.69) is 0 Å². The zero-order valence-corrected chi connectivity index (χ0v) is 12.0. The van der Waals surface area contributed by atoms with Crippen LogP contribution in [0, 0.1) is 11.7 Å². The Kier molecular flexibility index (Phi) is 4.22. The minimum Gasteiger partial charge on any atom is -0.370 e. The Morgan fingerprint density at radius 2 is 2.14 bits per heavy atom.